The van der Waals surface area contributed by atoms with Crippen LogP contribution in [0.25, 0.3) is 32.2 Å². The van der Waals surface area contributed by atoms with Crippen LogP contribution in [0.15, 0.2) is 91.0 Å². The minimum Gasteiger partial charge on any atom is -0.490 e. The molecule has 0 radical (unpaired) electrons. The number of piperidine rings is 1. The zero-order chi connectivity index (χ0) is 50.6. The SMILES string of the molecule is Cc1cc(OC2C[C@H]3CC(OCCN4CCN(c5ccc6c(C7CCC(=O)NC7=O)nn(C)c6c5)CC4)C[C@H]3C2)ccc1-c1ccc(N2CCc3cccc(C(=O)Nc4nc5ccccc5s4)c3C2)nc1C(=O)O. The molecule has 2 aliphatic carbocycles. The van der Waals surface area contributed by atoms with Crippen molar-refractivity contribution in [1.29, 1.82) is 0 Å². The van der Waals surface area contributed by atoms with Gasteiger partial charge in [0.2, 0.25) is 11.8 Å². The third kappa shape index (κ3) is 9.48. The summed E-state index contributed by atoms with van der Waals surface area (Å²) in [6.45, 7) is 8.43. The van der Waals surface area contributed by atoms with Crippen LogP contribution < -0.4 is 25.2 Å². The first-order valence-corrected chi connectivity index (χ1v) is 26.7. The maximum atomic E-state index is 13.6. The molecule has 74 heavy (non-hydrogen) atoms. The van der Waals surface area contributed by atoms with E-state index in [4.69, 9.17) is 19.6 Å². The van der Waals surface area contributed by atoms with Gasteiger partial charge in [0, 0.05) is 81.5 Å². The van der Waals surface area contributed by atoms with Gasteiger partial charge in [-0.1, -0.05) is 41.7 Å². The summed E-state index contributed by atoms with van der Waals surface area (Å²) in [4.78, 5) is 67.1. The molecule has 7 aromatic rings. The number of anilines is 3. The average molecular weight is 1010 g/mol. The maximum absolute atomic E-state index is 13.6. The number of pyridine rings is 1. The Bertz CT molecular complexity index is 3300. The smallest absolute Gasteiger partial charge is 0.355 e. The van der Waals surface area contributed by atoms with E-state index in [0.29, 0.717) is 66.3 Å². The summed E-state index contributed by atoms with van der Waals surface area (Å²) in [6, 6.07) is 29.6. The number of hydrogen-bond acceptors (Lipinski definition) is 13. The number of nitrogens with one attached hydrogen (secondary N) is 2. The van der Waals surface area contributed by atoms with Crippen molar-refractivity contribution >= 4 is 72.8 Å². The molecule has 0 spiro atoms. The lowest BCUT2D eigenvalue weighted by atomic mass is 9.93. The molecule has 380 valence electrons. The van der Waals surface area contributed by atoms with E-state index in [0.717, 1.165) is 126 Å². The molecule has 4 fully saturated rings. The van der Waals surface area contributed by atoms with E-state index in [2.05, 4.69) is 43.6 Å². The number of carbonyl (C=O) groups is 4. The first kappa shape index (κ1) is 47.8. The number of aryl methyl sites for hydroxylation is 2. The second-order valence-electron chi connectivity index (χ2n) is 20.6. The van der Waals surface area contributed by atoms with Crippen LogP contribution in [0.5, 0.6) is 5.75 Å². The number of para-hydroxylation sites is 1. The lowest BCUT2D eigenvalue weighted by molar-refractivity contribution is -0.134. The van der Waals surface area contributed by atoms with Crippen LogP contribution in [0.1, 0.15) is 87.7 Å². The van der Waals surface area contributed by atoms with Crippen molar-refractivity contribution in [3.05, 3.63) is 125 Å². The molecular weight excluding hydrogens is 955 g/mol. The number of hydrogen-bond donors (Lipinski definition) is 3. The van der Waals surface area contributed by atoms with Crippen molar-refractivity contribution < 1.29 is 33.8 Å². The zero-order valence-corrected chi connectivity index (χ0v) is 42.4. The number of aromatic carboxylic acids is 1. The van der Waals surface area contributed by atoms with E-state index < -0.39 is 11.9 Å². The molecule has 2 saturated heterocycles. The number of piperazine rings is 1. The Balaban J connectivity index is 0.611. The second kappa shape index (κ2) is 19.9. The molecular formula is C57H59N9O7S. The number of amides is 3. The van der Waals surface area contributed by atoms with E-state index in [9.17, 15) is 24.3 Å². The fourth-order valence-electron chi connectivity index (χ4n) is 12.3. The lowest BCUT2D eigenvalue weighted by Crippen LogP contribution is -2.47. The average Bonchev–Trinajstić information content (AvgIpc) is 4.17. The standard InChI is InChI=1S/C57H59N9O7S/c1-33-26-38(11-13-41(33)42-14-16-50(59-53(42)56(70)71)66-19-18-34-6-5-7-43(46(34)32-66)54(68)61-57-58-47-8-3-4-9-49(47)74-57)73-40-29-35-27-39(28-36(35)30-40)72-25-24-64-20-22-65(23-21-64)37-10-12-44-48(31-37)63(2)62-52(44)45-15-17-51(67)60-55(45)69/h3-14,16,26,31,35-36,39-40,45H,15,17-25,27-30,32H2,1-2H3,(H,70,71)(H,58,61,68)(H,60,67,69)/t35-,36+,39?,40?,45?. The molecule has 5 atom stereocenters. The van der Waals surface area contributed by atoms with Crippen molar-refractivity contribution in [2.45, 2.75) is 76.5 Å². The van der Waals surface area contributed by atoms with Gasteiger partial charge in [-0.3, -0.25) is 34.6 Å². The molecule has 3 amide bonds. The third-order valence-electron chi connectivity index (χ3n) is 16.1. The highest BCUT2D eigenvalue weighted by molar-refractivity contribution is 7.22. The summed E-state index contributed by atoms with van der Waals surface area (Å²) in [5, 5.41) is 22.2. The van der Waals surface area contributed by atoms with Gasteiger partial charge in [-0.2, -0.15) is 5.10 Å². The number of rotatable bonds is 13. The van der Waals surface area contributed by atoms with Crippen LogP contribution in [-0.2, 0) is 34.3 Å². The van der Waals surface area contributed by atoms with E-state index in [-0.39, 0.29) is 35.6 Å². The monoisotopic (exact) mass is 1010 g/mol. The number of carboxylic acids is 1. The fraction of sp³-hybridized carbons (Fsp3) is 0.386. The minimum atomic E-state index is -1.10. The van der Waals surface area contributed by atoms with Gasteiger partial charge in [-0.15, -0.1) is 0 Å². The molecule has 17 heteroatoms. The van der Waals surface area contributed by atoms with Gasteiger partial charge in [-0.05, 0) is 140 Å². The predicted octanol–water partition coefficient (Wildman–Crippen LogP) is 8.36. The minimum absolute atomic E-state index is 0.0179. The molecule has 3 N–H and O–H groups in total. The van der Waals surface area contributed by atoms with Gasteiger partial charge in [-0.25, -0.2) is 14.8 Å². The van der Waals surface area contributed by atoms with Crippen molar-refractivity contribution in [2.75, 3.05) is 61.0 Å². The highest BCUT2D eigenvalue weighted by Gasteiger charge is 2.43. The summed E-state index contributed by atoms with van der Waals surface area (Å²) in [7, 11) is 1.91. The largest absolute Gasteiger partial charge is 0.490 e. The molecule has 16 nitrogen and oxygen atoms in total. The Morgan fingerprint density at radius 3 is 2.42 bits per heavy atom. The molecule has 3 unspecified atom stereocenters. The maximum Gasteiger partial charge on any atom is 0.355 e. The normalized spacial score (nSPS) is 22.0. The van der Waals surface area contributed by atoms with E-state index in [1.807, 2.05) is 96.3 Å². The molecule has 3 aromatic heterocycles. The van der Waals surface area contributed by atoms with E-state index >= 15 is 0 Å². The molecule has 12 rings (SSSR count). The van der Waals surface area contributed by atoms with Crippen LogP contribution >= 0.6 is 11.3 Å². The zero-order valence-electron chi connectivity index (χ0n) is 41.6. The molecule has 5 aliphatic rings. The van der Waals surface area contributed by atoms with Gasteiger partial charge in [0.15, 0.2) is 10.8 Å². The van der Waals surface area contributed by atoms with Gasteiger partial charge >= 0.3 is 5.97 Å². The number of carboxylic acid groups (broad SMARTS) is 1. The molecule has 2 saturated carbocycles. The Morgan fingerprint density at radius 1 is 0.838 bits per heavy atom. The quantitative estimate of drug-likeness (QED) is 0.0938. The number of carbonyl (C=O) groups excluding carboxylic acids is 3. The first-order valence-electron chi connectivity index (χ1n) is 25.9. The Hall–Kier alpha value is -7.21. The molecule has 0 bridgehead atoms. The highest BCUT2D eigenvalue weighted by atomic mass is 32.1. The van der Waals surface area contributed by atoms with Gasteiger partial charge < -0.3 is 24.4 Å². The lowest BCUT2D eigenvalue weighted by Gasteiger charge is -2.36. The second-order valence-corrected chi connectivity index (χ2v) is 21.7. The molecule has 3 aliphatic heterocycles. The van der Waals surface area contributed by atoms with Crippen LogP contribution in [0.3, 0.4) is 0 Å². The van der Waals surface area contributed by atoms with Crippen LogP contribution in [0.4, 0.5) is 16.6 Å². The number of ether oxygens (including phenoxy) is 2. The van der Waals surface area contributed by atoms with Crippen LogP contribution in [0.2, 0.25) is 0 Å². The number of imide groups is 1. The van der Waals surface area contributed by atoms with Gasteiger partial charge in [0.1, 0.15) is 11.6 Å². The predicted molar refractivity (Wildman–Crippen MR) is 284 cm³/mol. The third-order valence-corrected chi connectivity index (χ3v) is 17.0. The number of thiazole rings is 1. The van der Waals surface area contributed by atoms with Crippen molar-refractivity contribution in [3.8, 4) is 16.9 Å². The van der Waals surface area contributed by atoms with Crippen molar-refractivity contribution in [1.82, 2.24) is 30.0 Å². The van der Waals surface area contributed by atoms with E-state index in [1.54, 1.807) is 0 Å². The summed E-state index contributed by atoms with van der Waals surface area (Å²) >= 11 is 1.44. The van der Waals surface area contributed by atoms with Gasteiger partial charge in [0.25, 0.3) is 5.91 Å². The van der Waals surface area contributed by atoms with Crippen molar-refractivity contribution in [3.63, 3.8) is 0 Å². The molecule has 4 aromatic carbocycles. The Morgan fingerprint density at radius 2 is 1.64 bits per heavy atom. The number of aromatic nitrogens is 4. The van der Waals surface area contributed by atoms with Crippen molar-refractivity contribution in [2.24, 2.45) is 18.9 Å². The highest BCUT2D eigenvalue weighted by Crippen LogP contribution is 2.47. The van der Waals surface area contributed by atoms with Crippen LogP contribution in [0, 0.1) is 18.8 Å². The van der Waals surface area contributed by atoms with Crippen LogP contribution in [-0.4, -0.2) is 112 Å². The van der Waals surface area contributed by atoms with Gasteiger partial charge in [0.05, 0.1) is 46.2 Å². The summed E-state index contributed by atoms with van der Waals surface area (Å²) in [5.74, 6) is 0.267. The number of fused-ring (bicyclic) bond motifs is 4. The summed E-state index contributed by atoms with van der Waals surface area (Å²) in [5.41, 5.74) is 8.50. The molecule has 6 heterocycles. The number of benzene rings is 4. The summed E-state index contributed by atoms with van der Waals surface area (Å²) in [6.07, 6.45) is 6.03. The first-order chi connectivity index (χ1) is 36.0. The summed E-state index contributed by atoms with van der Waals surface area (Å²) < 4.78 is 16.0. The Kier molecular flexibility index (Phi) is 12.9. The Labute approximate surface area is 432 Å². The fourth-order valence-corrected chi connectivity index (χ4v) is 13.1. The van der Waals surface area contributed by atoms with E-state index in [1.165, 1.54) is 11.3 Å². The number of nitrogens with zero attached hydrogens (tertiary/aromatic N) is 7. The topological polar surface area (TPSA) is 184 Å².